The molecular formula is C19H17FN2O. The van der Waals surface area contributed by atoms with Crippen LogP contribution < -0.4 is 10.6 Å². The van der Waals surface area contributed by atoms with E-state index in [0.29, 0.717) is 5.69 Å². The van der Waals surface area contributed by atoms with Gasteiger partial charge >= 0.3 is 6.03 Å². The minimum Gasteiger partial charge on any atom is -0.331 e. The Balaban J connectivity index is 1.68. The molecule has 116 valence electrons. The number of benzene rings is 3. The zero-order valence-electron chi connectivity index (χ0n) is 12.7. The summed E-state index contributed by atoms with van der Waals surface area (Å²) in [7, 11) is 0. The second-order valence-electron chi connectivity index (χ2n) is 5.43. The molecule has 1 atom stereocenters. The van der Waals surface area contributed by atoms with Crippen molar-refractivity contribution in [1.82, 2.24) is 5.32 Å². The number of carbonyl (C=O) groups is 1. The molecule has 3 aromatic rings. The molecule has 0 spiro atoms. The number of amides is 2. The van der Waals surface area contributed by atoms with Gasteiger partial charge in [-0.15, -0.1) is 0 Å². The Morgan fingerprint density at radius 2 is 1.65 bits per heavy atom. The molecule has 2 N–H and O–H groups in total. The van der Waals surface area contributed by atoms with Crippen molar-refractivity contribution in [3.63, 3.8) is 0 Å². The van der Waals surface area contributed by atoms with E-state index < -0.39 is 0 Å². The van der Waals surface area contributed by atoms with E-state index in [9.17, 15) is 9.18 Å². The number of hydrogen-bond acceptors (Lipinski definition) is 1. The van der Waals surface area contributed by atoms with Gasteiger partial charge in [-0.1, -0.05) is 36.4 Å². The van der Waals surface area contributed by atoms with Crippen LogP contribution in [0.4, 0.5) is 14.9 Å². The maximum absolute atomic E-state index is 12.9. The van der Waals surface area contributed by atoms with E-state index >= 15 is 0 Å². The van der Waals surface area contributed by atoms with Gasteiger partial charge in [-0.25, -0.2) is 9.18 Å². The lowest BCUT2D eigenvalue weighted by atomic mass is 10.0. The minimum atomic E-state index is -0.333. The molecule has 0 radical (unpaired) electrons. The van der Waals surface area contributed by atoms with Gasteiger partial charge < -0.3 is 10.6 Å². The third-order valence-corrected chi connectivity index (χ3v) is 3.72. The van der Waals surface area contributed by atoms with Crippen molar-refractivity contribution in [3.8, 4) is 0 Å². The molecule has 0 saturated heterocycles. The van der Waals surface area contributed by atoms with E-state index in [1.54, 1.807) is 0 Å². The van der Waals surface area contributed by atoms with Gasteiger partial charge in [-0.3, -0.25) is 0 Å². The molecule has 3 aromatic carbocycles. The topological polar surface area (TPSA) is 41.1 Å². The first kappa shape index (κ1) is 15.0. The smallest absolute Gasteiger partial charge is 0.319 e. The second-order valence-corrected chi connectivity index (χ2v) is 5.43. The minimum absolute atomic E-state index is 0.139. The average molecular weight is 308 g/mol. The number of rotatable bonds is 3. The molecular weight excluding hydrogens is 291 g/mol. The standard InChI is InChI=1S/C19H17FN2O/c1-13(15-7-6-14-4-2-3-5-16(14)12-15)21-19(23)22-18-10-8-17(20)9-11-18/h2-13H,1H3,(H2,21,22,23). The van der Waals surface area contributed by atoms with Crippen molar-refractivity contribution in [1.29, 1.82) is 0 Å². The lowest BCUT2D eigenvalue weighted by Crippen LogP contribution is -2.31. The van der Waals surface area contributed by atoms with Crippen LogP contribution in [0.15, 0.2) is 66.7 Å². The highest BCUT2D eigenvalue weighted by Gasteiger charge is 2.10. The van der Waals surface area contributed by atoms with Crippen LogP contribution in [0.1, 0.15) is 18.5 Å². The van der Waals surface area contributed by atoms with Gasteiger partial charge in [0, 0.05) is 5.69 Å². The first-order valence-electron chi connectivity index (χ1n) is 7.43. The van der Waals surface area contributed by atoms with Gasteiger partial charge in [0.2, 0.25) is 0 Å². The maximum Gasteiger partial charge on any atom is 0.319 e. The normalized spacial score (nSPS) is 11.9. The first-order valence-corrected chi connectivity index (χ1v) is 7.43. The predicted molar refractivity (Wildman–Crippen MR) is 90.9 cm³/mol. The molecule has 23 heavy (non-hydrogen) atoms. The number of fused-ring (bicyclic) bond motifs is 1. The molecule has 1 unspecified atom stereocenters. The third-order valence-electron chi connectivity index (χ3n) is 3.72. The maximum atomic E-state index is 12.9. The fourth-order valence-corrected chi connectivity index (χ4v) is 2.46. The molecule has 0 aliphatic rings. The Morgan fingerprint density at radius 1 is 0.957 bits per heavy atom. The zero-order valence-corrected chi connectivity index (χ0v) is 12.7. The number of urea groups is 1. The van der Waals surface area contributed by atoms with Crippen molar-refractivity contribution in [2.45, 2.75) is 13.0 Å². The number of halogens is 1. The molecule has 0 aliphatic carbocycles. The SMILES string of the molecule is CC(NC(=O)Nc1ccc(F)cc1)c1ccc2ccccc2c1. The van der Waals surface area contributed by atoms with E-state index in [1.807, 2.05) is 37.3 Å². The van der Waals surface area contributed by atoms with Crippen LogP contribution in [0, 0.1) is 5.82 Å². The Morgan fingerprint density at radius 3 is 2.39 bits per heavy atom. The van der Waals surface area contributed by atoms with Crippen LogP contribution in [-0.4, -0.2) is 6.03 Å². The highest BCUT2D eigenvalue weighted by atomic mass is 19.1. The highest BCUT2D eigenvalue weighted by Crippen LogP contribution is 2.20. The fourth-order valence-electron chi connectivity index (χ4n) is 2.46. The second kappa shape index (κ2) is 6.48. The monoisotopic (exact) mass is 308 g/mol. The molecule has 0 aromatic heterocycles. The van der Waals surface area contributed by atoms with Crippen LogP contribution in [0.25, 0.3) is 10.8 Å². The highest BCUT2D eigenvalue weighted by molar-refractivity contribution is 5.89. The molecule has 4 heteroatoms. The summed E-state index contributed by atoms with van der Waals surface area (Å²) in [6, 6.07) is 19.4. The van der Waals surface area contributed by atoms with Gasteiger partial charge in [-0.2, -0.15) is 0 Å². The molecule has 0 fully saturated rings. The Hall–Kier alpha value is -2.88. The summed E-state index contributed by atoms with van der Waals surface area (Å²) in [5.41, 5.74) is 1.58. The van der Waals surface area contributed by atoms with Crippen molar-refractivity contribution in [2.75, 3.05) is 5.32 Å². The third kappa shape index (κ3) is 3.66. The summed E-state index contributed by atoms with van der Waals surface area (Å²) in [6.07, 6.45) is 0. The molecule has 2 amide bonds. The Bertz CT molecular complexity index is 830. The van der Waals surface area contributed by atoms with Crippen LogP contribution in [0.5, 0.6) is 0 Å². The Kier molecular flexibility index (Phi) is 4.24. The summed E-state index contributed by atoms with van der Waals surface area (Å²) in [5.74, 6) is -0.333. The molecule has 0 heterocycles. The van der Waals surface area contributed by atoms with Gasteiger partial charge in [0.15, 0.2) is 0 Å². The van der Waals surface area contributed by atoms with Crippen LogP contribution in [0.3, 0.4) is 0 Å². The summed E-state index contributed by atoms with van der Waals surface area (Å²) in [6.45, 7) is 1.92. The molecule has 0 bridgehead atoms. The summed E-state index contributed by atoms with van der Waals surface area (Å²) in [5, 5.41) is 7.87. The van der Waals surface area contributed by atoms with Crippen molar-refractivity contribution in [2.24, 2.45) is 0 Å². The van der Waals surface area contributed by atoms with E-state index in [-0.39, 0.29) is 17.9 Å². The van der Waals surface area contributed by atoms with Gasteiger partial charge in [0.25, 0.3) is 0 Å². The van der Waals surface area contributed by atoms with E-state index in [4.69, 9.17) is 0 Å². The van der Waals surface area contributed by atoms with Gasteiger partial charge in [0.1, 0.15) is 5.82 Å². The number of anilines is 1. The lowest BCUT2D eigenvalue weighted by molar-refractivity contribution is 0.249. The number of hydrogen-bond donors (Lipinski definition) is 2. The number of nitrogens with one attached hydrogen (secondary N) is 2. The van der Waals surface area contributed by atoms with Crippen LogP contribution >= 0.6 is 0 Å². The van der Waals surface area contributed by atoms with Gasteiger partial charge in [0.05, 0.1) is 6.04 Å². The molecule has 3 rings (SSSR count). The quantitative estimate of drug-likeness (QED) is 0.712. The molecule has 3 nitrogen and oxygen atoms in total. The molecule has 0 aliphatic heterocycles. The van der Waals surface area contributed by atoms with Crippen LogP contribution in [0.2, 0.25) is 0 Å². The van der Waals surface area contributed by atoms with E-state index in [2.05, 4.69) is 22.8 Å². The first-order chi connectivity index (χ1) is 11.1. The van der Waals surface area contributed by atoms with Crippen molar-refractivity contribution < 1.29 is 9.18 Å². The Labute approximate surface area is 134 Å². The lowest BCUT2D eigenvalue weighted by Gasteiger charge is -2.16. The van der Waals surface area contributed by atoms with Crippen molar-refractivity contribution >= 4 is 22.5 Å². The zero-order chi connectivity index (χ0) is 16.2. The summed E-state index contributed by atoms with van der Waals surface area (Å²) >= 11 is 0. The van der Waals surface area contributed by atoms with E-state index in [1.165, 1.54) is 29.7 Å². The van der Waals surface area contributed by atoms with E-state index in [0.717, 1.165) is 10.9 Å². The summed E-state index contributed by atoms with van der Waals surface area (Å²) in [4.78, 5) is 12.0. The van der Waals surface area contributed by atoms with Gasteiger partial charge in [-0.05, 0) is 53.6 Å². The fraction of sp³-hybridized carbons (Fsp3) is 0.105. The van der Waals surface area contributed by atoms with Crippen molar-refractivity contribution in [3.05, 3.63) is 78.1 Å². The molecule has 0 saturated carbocycles. The summed E-state index contributed by atoms with van der Waals surface area (Å²) < 4.78 is 12.9. The number of carbonyl (C=O) groups excluding carboxylic acids is 1. The average Bonchev–Trinajstić information content (AvgIpc) is 2.56. The largest absolute Gasteiger partial charge is 0.331 e. The predicted octanol–water partition coefficient (Wildman–Crippen LogP) is 4.86. The van der Waals surface area contributed by atoms with Crippen LogP contribution in [-0.2, 0) is 0 Å².